The van der Waals surface area contributed by atoms with E-state index in [0.717, 1.165) is 25.7 Å². The summed E-state index contributed by atoms with van der Waals surface area (Å²) in [6, 6.07) is 42.1. The van der Waals surface area contributed by atoms with E-state index in [9.17, 15) is 0 Å². The van der Waals surface area contributed by atoms with Gasteiger partial charge in [-0.2, -0.15) is 0 Å². The molecule has 44 heavy (non-hydrogen) atoms. The maximum absolute atomic E-state index is 4.28. The van der Waals surface area contributed by atoms with Crippen LogP contribution in [-0.4, -0.2) is 12.1 Å². The predicted octanol–water partition coefficient (Wildman–Crippen LogP) is 9.37. The molecule has 6 rings (SSSR count). The molecule has 0 nitrogen and oxygen atoms in total. The van der Waals surface area contributed by atoms with Crippen LogP contribution in [0.2, 0.25) is 0 Å². The van der Waals surface area contributed by atoms with E-state index < -0.39 is 15.7 Å². The molecule has 0 spiro atoms. The number of halogens is 2. The van der Waals surface area contributed by atoms with E-state index in [2.05, 4.69) is 149 Å². The molecule has 0 unspecified atom stereocenters. The van der Waals surface area contributed by atoms with E-state index >= 15 is 0 Å². The van der Waals surface area contributed by atoms with Gasteiger partial charge in [-0.05, 0) is 0 Å². The quantitative estimate of drug-likeness (QED) is 0.157. The molecule has 0 radical (unpaired) electrons. The van der Waals surface area contributed by atoms with Crippen LogP contribution in [0.1, 0.15) is 62.8 Å². The molecule has 2 aliphatic carbocycles. The van der Waals surface area contributed by atoms with Crippen LogP contribution in [0.3, 0.4) is 0 Å². The van der Waals surface area contributed by atoms with Gasteiger partial charge in [0.05, 0.1) is 0 Å². The monoisotopic (exact) mass is 758 g/mol. The van der Waals surface area contributed by atoms with E-state index in [0.29, 0.717) is 0 Å². The van der Waals surface area contributed by atoms with Crippen molar-refractivity contribution in [1.82, 2.24) is 0 Å². The van der Waals surface area contributed by atoms with E-state index in [4.69, 9.17) is 0 Å². The Balaban J connectivity index is 0.00000221. The second-order valence-electron chi connectivity index (χ2n) is 12.1. The minimum absolute atomic E-state index is 0. The Kier molecular flexibility index (Phi) is 11.1. The molecule has 0 heterocycles. The first-order valence-corrected chi connectivity index (χ1v) is 31.0. The summed E-state index contributed by atoms with van der Waals surface area (Å²) in [6.45, 7) is 9.33. The van der Waals surface area contributed by atoms with Gasteiger partial charge in [0.2, 0.25) is 0 Å². The zero-order valence-corrected chi connectivity index (χ0v) is 33.5. The first-order chi connectivity index (χ1) is 20.4. The Hall–Kier alpha value is -2.15. The Morgan fingerprint density at radius 1 is 0.523 bits per heavy atom. The van der Waals surface area contributed by atoms with E-state index in [1.165, 1.54) is 56.7 Å². The number of rotatable bonds is 8. The third kappa shape index (κ3) is 5.58. The van der Waals surface area contributed by atoms with Crippen LogP contribution >= 0.6 is 24.8 Å². The summed E-state index contributed by atoms with van der Waals surface area (Å²) in [7, 11) is 0. The molecule has 226 valence electrons. The van der Waals surface area contributed by atoms with Crippen molar-refractivity contribution in [2.75, 3.05) is 0 Å². The summed E-state index contributed by atoms with van der Waals surface area (Å²) < 4.78 is 6.68. The fraction of sp³-hybridized carbons (Fsp3) is 0.200. The molecule has 0 atom stereocenters. The minimum atomic E-state index is -4.28. The molecule has 4 heteroatoms. The third-order valence-electron chi connectivity index (χ3n) is 10.2. The van der Waals surface area contributed by atoms with Crippen molar-refractivity contribution >= 4 is 54.6 Å². The van der Waals surface area contributed by atoms with Crippen molar-refractivity contribution in [3.8, 4) is 0 Å². The van der Waals surface area contributed by atoms with Crippen molar-refractivity contribution in [3.63, 3.8) is 0 Å². The summed E-state index contributed by atoms with van der Waals surface area (Å²) >= 11 is -3.00. The van der Waals surface area contributed by atoms with Gasteiger partial charge in [0.1, 0.15) is 0 Å². The minimum Gasteiger partial charge on any atom is -0.147 e. The van der Waals surface area contributed by atoms with Gasteiger partial charge in [-0.3, -0.25) is 0 Å². The van der Waals surface area contributed by atoms with E-state index in [1.807, 2.05) is 0 Å². The molecular weight excluding hydrogens is 715 g/mol. The molecule has 0 bridgehead atoms. The zero-order valence-electron chi connectivity index (χ0n) is 26.4. The summed E-state index contributed by atoms with van der Waals surface area (Å²) in [5.41, 5.74) is 11.4. The molecule has 4 aromatic carbocycles. The summed E-state index contributed by atoms with van der Waals surface area (Å²) in [5, 5.41) is 0. The van der Waals surface area contributed by atoms with Crippen molar-refractivity contribution < 1.29 is 15.7 Å². The topological polar surface area (TPSA) is 0 Å². The number of benzene rings is 4. The Bertz CT molecular complexity index is 1690. The molecule has 0 N–H and O–H groups in total. The molecule has 4 aromatic rings. The van der Waals surface area contributed by atoms with Gasteiger partial charge in [0.25, 0.3) is 0 Å². The number of allylic oxidation sites excluding steroid dienone is 8. The van der Waals surface area contributed by atoms with Gasteiger partial charge in [-0.15, -0.1) is 24.8 Å². The van der Waals surface area contributed by atoms with E-state index in [-0.39, 0.29) is 24.8 Å². The first-order valence-electron chi connectivity index (χ1n) is 15.5. The molecule has 0 fully saturated rings. The average molecular weight is 760 g/mol. The van der Waals surface area contributed by atoms with Crippen LogP contribution in [0, 0.1) is 0 Å². The second-order valence-corrected chi connectivity index (χ2v) is 42.7. The fourth-order valence-electron chi connectivity index (χ4n) is 7.79. The van der Waals surface area contributed by atoms with Crippen LogP contribution in [0.4, 0.5) is 0 Å². The molecule has 0 saturated heterocycles. The normalized spacial score (nSPS) is 15.0. The molecule has 0 aromatic heterocycles. The van der Waals surface area contributed by atoms with Gasteiger partial charge < -0.3 is 0 Å². The Labute approximate surface area is 282 Å². The fourth-order valence-corrected chi connectivity index (χ4v) is 41.0. The van der Waals surface area contributed by atoms with Crippen LogP contribution in [0.15, 0.2) is 139 Å². The van der Waals surface area contributed by atoms with Crippen molar-refractivity contribution in [3.05, 3.63) is 161 Å². The largest absolute Gasteiger partial charge is 0.147 e. The van der Waals surface area contributed by atoms with Gasteiger partial charge >= 0.3 is 260 Å². The Morgan fingerprint density at radius 3 is 1.18 bits per heavy atom. The number of aryl methyl sites for hydroxylation is 2. The van der Waals surface area contributed by atoms with Crippen LogP contribution < -0.4 is 6.54 Å². The van der Waals surface area contributed by atoms with Gasteiger partial charge in [0, 0.05) is 0 Å². The van der Waals surface area contributed by atoms with E-state index in [1.54, 1.807) is 13.1 Å². The van der Waals surface area contributed by atoms with Crippen LogP contribution in [-0.2, 0) is 28.5 Å². The maximum Gasteiger partial charge on any atom is -0.147 e. The molecule has 0 aliphatic heterocycles. The summed E-state index contributed by atoms with van der Waals surface area (Å²) in [5.74, 6) is 0. The Morgan fingerprint density at radius 2 is 0.864 bits per heavy atom. The van der Waals surface area contributed by atoms with Crippen molar-refractivity contribution in [2.45, 2.75) is 53.4 Å². The molecule has 0 saturated carbocycles. The number of hydrogen-bond donors (Lipinski definition) is 0. The molecular formula is C40H44Cl2GeZr. The van der Waals surface area contributed by atoms with Gasteiger partial charge in [0.15, 0.2) is 0 Å². The van der Waals surface area contributed by atoms with Gasteiger partial charge in [-0.1, -0.05) is 0 Å². The van der Waals surface area contributed by atoms with Crippen LogP contribution in [0.25, 0.3) is 11.1 Å². The van der Waals surface area contributed by atoms with Crippen LogP contribution in [0.5, 0.6) is 0 Å². The SMILES string of the molecule is CCc1ccc(C2=CC[C]([Zr](=[GeH2])([C]3=C(C)C(c4ccc(CC)cc4)=CC3)([c]3ccccc3)[c]3ccccc3)=C2C)cc1.Cl.Cl. The molecule has 2 aliphatic rings. The van der Waals surface area contributed by atoms with Gasteiger partial charge in [-0.25, -0.2) is 0 Å². The first kappa shape index (κ1) is 34.7. The molecule has 0 amide bonds. The van der Waals surface area contributed by atoms with Crippen molar-refractivity contribution in [1.29, 1.82) is 0 Å². The number of hydrogen-bond acceptors (Lipinski definition) is 0. The smallest absolute Gasteiger partial charge is 0.147 e. The standard InChI is InChI=1S/2C14H15.2C6H5.2ClH.GeH2.Zr/c2*1-3-12-7-9-13(10-8-12)14-6-4-5-11(14)2;2*1-2-4-6-5-3-1;;;;/h2*6-10H,3-4H2,1-2H3;2*1-5H;2*1H;1H2;. The van der Waals surface area contributed by atoms with Crippen molar-refractivity contribution in [2.24, 2.45) is 0 Å². The summed E-state index contributed by atoms with van der Waals surface area (Å²) in [6.07, 6.45) is 9.33. The predicted molar refractivity (Wildman–Crippen MR) is 197 cm³/mol. The maximum atomic E-state index is 2.54. The average Bonchev–Trinajstić information content (AvgIpc) is 3.65. The second kappa shape index (κ2) is 14.1. The third-order valence-corrected chi connectivity index (χ3v) is 48.3. The zero-order chi connectivity index (χ0) is 29.3. The summed E-state index contributed by atoms with van der Waals surface area (Å²) in [4.78, 5) is 0.